The summed E-state index contributed by atoms with van der Waals surface area (Å²) in [5.41, 5.74) is 1.64. The average molecular weight is 230 g/mol. The Bertz CT molecular complexity index is 477. The van der Waals surface area contributed by atoms with Gasteiger partial charge >= 0.3 is 0 Å². The second kappa shape index (κ2) is 4.88. The minimum Gasteiger partial charge on any atom is -0.493 e. The van der Waals surface area contributed by atoms with Gasteiger partial charge in [-0.15, -0.1) is 0 Å². The van der Waals surface area contributed by atoms with E-state index in [4.69, 9.17) is 10.00 Å². The highest BCUT2D eigenvalue weighted by molar-refractivity contribution is 5.95. The van der Waals surface area contributed by atoms with Crippen LogP contribution in [0.1, 0.15) is 29.3 Å². The van der Waals surface area contributed by atoms with Crippen LogP contribution in [0.15, 0.2) is 18.2 Å². The molecule has 17 heavy (non-hydrogen) atoms. The molecule has 1 N–H and O–H groups in total. The maximum absolute atomic E-state index is 11.9. The van der Waals surface area contributed by atoms with Crippen LogP contribution in [0.3, 0.4) is 0 Å². The first kappa shape index (κ1) is 11.5. The van der Waals surface area contributed by atoms with Crippen LogP contribution in [0.25, 0.3) is 0 Å². The first-order valence-electron chi connectivity index (χ1n) is 5.70. The Labute approximate surface area is 100 Å². The van der Waals surface area contributed by atoms with Gasteiger partial charge in [0.25, 0.3) is 5.91 Å². The number of ether oxygens (including phenoxy) is 1. The topological polar surface area (TPSA) is 62.1 Å². The summed E-state index contributed by atoms with van der Waals surface area (Å²) in [4.78, 5) is 11.9. The van der Waals surface area contributed by atoms with Crippen LogP contribution in [0.4, 0.5) is 0 Å². The van der Waals surface area contributed by atoms with Crippen LogP contribution in [0.2, 0.25) is 0 Å². The molecule has 4 nitrogen and oxygen atoms in total. The Balaban J connectivity index is 2.12. The minimum absolute atomic E-state index is 0.201. The number of carbonyl (C=O) groups is 1. The zero-order valence-electron chi connectivity index (χ0n) is 9.69. The third kappa shape index (κ3) is 2.39. The molecule has 88 valence electrons. The lowest BCUT2D eigenvalue weighted by Crippen LogP contribution is -2.33. The van der Waals surface area contributed by atoms with Gasteiger partial charge in [-0.3, -0.25) is 4.79 Å². The molecule has 0 fully saturated rings. The van der Waals surface area contributed by atoms with Crippen molar-refractivity contribution in [1.82, 2.24) is 5.32 Å². The van der Waals surface area contributed by atoms with E-state index in [9.17, 15) is 4.79 Å². The summed E-state index contributed by atoms with van der Waals surface area (Å²) >= 11 is 0. The predicted octanol–water partition coefficient (Wildman–Crippen LogP) is 1.65. The number of fused-ring (bicyclic) bond motifs is 1. The molecule has 0 aliphatic carbocycles. The summed E-state index contributed by atoms with van der Waals surface area (Å²) in [6, 6.07) is 6.99. The molecule has 0 saturated heterocycles. The summed E-state index contributed by atoms with van der Waals surface area (Å²) in [5, 5.41) is 11.5. The fourth-order valence-corrected chi connectivity index (χ4v) is 1.80. The first-order valence-corrected chi connectivity index (χ1v) is 5.70. The van der Waals surface area contributed by atoms with Gasteiger partial charge in [-0.25, -0.2) is 0 Å². The van der Waals surface area contributed by atoms with E-state index in [-0.39, 0.29) is 5.91 Å². The smallest absolute Gasteiger partial charge is 0.252 e. The molecule has 1 aliphatic rings. The molecule has 1 heterocycles. The highest BCUT2D eigenvalue weighted by Gasteiger charge is 2.16. The molecule has 1 unspecified atom stereocenters. The van der Waals surface area contributed by atoms with Crippen molar-refractivity contribution >= 4 is 5.91 Å². The number of hydrogen-bond donors (Lipinski definition) is 1. The van der Waals surface area contributed by atoms with Crippen molar-refractivity contribution in [3.05, 3.63) is 29.3 Å². The summed E-state index contributed by atoms with van der Waals surface area (Å²) in [7, 11) is 0. The molecule has 0 radical (unpaired) electrons. The van der Waals surface area contributed by atoms with Crippen molar-refractivity contribution in [1.29, 1.82) is 5.26 Å². The number of amides is 1. The number of nitrogens with zero attached hydrogens (tertiary/aromatic N) is 1. The number of hydrogen-bond acceptors (Lipinski definition) is 3. The molecule has 0 bridgehead atoms. The van der Waals surface area contributed by atoms with E-state index in [0.29, 0.717) is 18.6 Å². The number of rotatable bonds is 3. The van der Waals surface area contributed by atoms with Gasteiger partial charge in [0.05, 0.1) is 12.7 Å². The molecule has 2 rings (SSSR count). The molecule has 1 aromatic rings. The van der Waals surface area contributed by atoms with Crippen LogP contribution in [-0.2, 0) is 6.42 Å². The van der Waals surface area contributed by atoms with Crippen molar-refractivity contribution in [2.75, 3.05) is 6.61 Å². The molecule has 0 saturated carbocycles. The van der Waals surface area contributed by atoms with E-state index in [1.165, 1.54) is 0 Å². The van der Waals surface area contributed by atoms with Crippen LogP contribution >= 0.6 is 0 Å². The lowest BCUT2D eigenvalue weighted by molar-refractivity contribution is 0.0944. The van der Waals surface area contributed by atoms with Gasteiger partial charge < -0.3 is 10.1 Å². The van der Waals surface area contributed by atoms with Crippen LogP contribution in [0, 0.1) is 11.3 Å². The summed E-state index contributed by atoms with van der Waals surface area (Å²) in [5.74, 6) is 0.655. The predicted molar refractivity (Wildman–Crippen MR) is 62.8 cm³/mol. The Hall–Kier alpha value is -2.02. The molecule has 0 spiro atoms. The van der Waals surface area contributed by atoms with Gasteiger partial charge in [0.15, 0.2) is 0 Å². The van der Waals surface area contributed by atoms with E-state index in [2.05, 4.69) is 5.32 Å². The van der Waals surface area contributed by atoms with E-state index >= 15 is 0 Å². The lowest BCUT2D eigenvalue weighted by Gasteiger charge is -2.09. The van der Waals surface area contributed by atoms with Crippen molar-refractivity contribution in [3.63, 3.8) is 0 Å². The van der Waals surface area contributed by atoms with E-state index in [0.717, 1.165) is 17.7 Å². The van der Waals surface area contributed by atoms with Gasteiger partial charge in [-0.1, -0.05) is 6.92 Å². The molecule has 1 aromatic carbocycles. The Morgan fingerprint density at radius 2 is 2.47 bits per heavy atom. The highest BCUT2D eigenvalue weighted by Crippen LogP contribution is 2.25. The maximum Gasteiger partial charge on any atom is 0.252 e. The largest absolute Gasteiger partial charge is 0.493 e. The van der Waals surface area contributed by atoms with Gasteiger partial charge in [0, 0.05) is 12.0 Å². The number of nitrogens with one attached hydrogen (secondary N) is 1. The van der Waals surface area contributed by atoms with E-state index in [1.807, 2.05) is 25.1 Å². The monoisotopic (exact) mass is 230 g/mol. The highest BCUT2D eigenvalue weighted by atomic mass is 16.5. The van der Waals surface area contributed by atoms with Crippen LogP contribution in [0.5, 0.6) is 5.75 Å². The molecule has 4 heteroatoms. The molecular weight excluding hydrogens is 216 g/mol. The molecule has 1 aliphatic heterocycles. The first-order chi connectivity index (χ1) is 8.24. The summed E-state index contributed by atoms with van der Waals surface area (Å²) in [6.07, 6.45) is 1.45. The fourth-order valence-electron chi connectivity index (χ4n) is 1.80. The quantitative estimate of drug-likeness (QED) is 0.858. The van der Waals surface area contributed by atoms with E-state index in [1.54, 1.807) is 6.07 Å². The zero-order valence-corrected chi connectivity index (χ0v) is 9.69. The molecular formula is C13H14N2O2. The van der Waals surface area contributed by atoms with Gasteiger partial charge in [0.2, 0.25) is 0 Å². The molecule has 1 amide bonds. The van der Waals surface area contributed by atoms with Crippen LogP contribution < -0.4 is 10.1 Å². The normalized spacial score (nSPS) is 14.4. The standard InChI is InChI=1S/C13H14N2O2/c1-2-11(8-14)15-13(16)10-3-4-12-9(7-10)5-6-17-12/h3-4,7,11H,2,5-6H2,1H3,(H,15,16). The number of carbonyl (C=O) groups excluding carboxylic acids is 1. The van der Waals surface area contributed by atoms with E-state index < -0.39 is 6.04 Å². The Morgan fingerprint density at radius 1 is 1.65 bits per heavy atom. The number of nitriles is 1. The summed E-state index contributed by atoms with van der Waals surface area (Å²) < 4.78 is 5.37. The SMILES string of the molecule is CCC(C#N)NC(=O)c1ccc2c(c1)CCO2. The maximum atomic E-state index is 11.9. The Morgan fingerprint density at radius 3 is 3.18 bits per heavy atom. The van der Waals surface area contributed by atoms with Crippen molar-refractivity contribution in [2.45, 2.75) is 25.8 Å². The summed E-state index contributed by atoms with van der Waals surface area (Å²) in [6.45, 7) is 2.54. The fraction of sp³-hybridized carbons (Fsp3) is 0.385. The lowest BCUT2D eigenvalue weighted by atomic mass is 10.1. The second-order valence-corrected chi connectivity index (χ2v) is 3.98. The van der Waals surface area contributed by atoms with Gasteiger partial charge in [0.1, 0.15) is 11.8 Å². The minimum atomic E-state index is -0.424. The van der Waals surface area contributed by atoms with Crippen molar-refractivity contribution < 1.29 is 9.53 Å². The number of benzene rings is 1. The van der Waals surface area contributed by atoms with Crippen molar-refractivity contribution in [2.24, 2.45) is 0 Å². The van der Waals surface area contributed by atoms with Gasteiger partial charge in [-0.05, 0) is 30.2 Å². The Kier molecular flexibility index (Phi) is 3.29. The van der Waals surface area contributed by atoms with Gasteiger partial charge in [-0.2, -0.15) is 5.26 Å². The third-order valence-electron chi connectivity index (χ3n) is 2.82. The van der Waals surface area contributed by atoms with Crippen LogP contribution in [-0.4, -0.2) is 18.6 Å². The van der Waals surface area contributed by atoms with Crippen molar-refractivity contribution in [3.8, 4) is 11.8 Å². The molecule has 0 aromatic heterocycles. The second-order valence-electron chi connectivity index (χ2n) is 3.98. The average Bonchev–Trinajstić information content (AvgIpc) is 2.82. The zero-order chi connectivity index (χ0) is 12.3. The third-order valence-corrected chi connectivity index (χ3v) is 2.82. The molecule has 1 atom stereocenters.